The van der Waals surface area contributed by atoms with Crippen molar-refractivity contribution < 1.29 is 14.4 Å². The van der Waals surface area contributed by atoms with Gasteiger partial charge in [0.1, 0.15) is 6.10 Å². The molecule has 2 unspecified atom stereocenters. The third-order valence-electron chi connectivity index (χ3n) is 4.02. The Labute approximate surface area is 120 Å². The molecule has 1 aromatic heterocycles. The number of ether oxygens (including phenoxy) is 1. The maximum Gasteiger partial charge on any atom is 0.229 e. The number of aliphatic hydroxyl groups is 1. The predicted molar refractivity (Wildman–Crippen MR) is 75.2 cm³/mol. The van der Waals surface area contributed by atoms with Crippen molar-refractivity contribution in [3.05, 3.63) is 11.7 Å². The number of rotatable bonds is 8. The summed E-state index contributed by atoms with van der Waals surface area (Å²) in [6, 6.07) is 0. The number of nitrogens with zero attached hydrogens (tertiary/aromatic N) is 2. The van der Waals surface area contributed by atoms with E-state index in [9.17, 15) is 5.11 Å². The van der Waals surface area contributed by atoms with E-state index in [1.165, 1.54) is 12.8 Å². The summed E-state index contributed by atoms with van der Waals surface area (Å²) in [5.41, 5.74) is 0. The molecule has 0 amide bonds. The van der Waals surface area contributed by atoms with Crippen LogP contribution in [0.4, 0.5) is 0 Å². The fourth-order valence-corrected chi connectivity index (χ4v) is 2.92. The van der Waals surface area contributed by atoms with Crippen LogP contribution in [0.1, 0.15) is 70.2 Å². The largest absolute Gasteiger partial charge is 0.392 e. The third-order valence-corrected chi connectivity index (χ3v) is 4.02. The Balaban J connectivity index is 1.93. The Kier molecular flexibility index (Phi) is 5.98. The van der Waals surface area contributed by atoms with Gasteiger partial charge >= 0.3 is 0 Å². The molecule has 0 spiro atoms. The lowest BCUT2D eigenvalue weighted by Crippen LogP contribution is -2.20. The van der Waals surface area contributed by atoms with Gasteiger partial charge in [-0.25, -0.2) is 0 Å². The molecule has 1 aromatic rings. The fraction of sp³-hybridized carbons (Fsp3) is 0.867. The van der Waals surface area contributed by atoms with Crippen molar-refractivity contribution >= 4 is 0 Å². The first kappa shape index (κ1) is 15.4. The smallest absolute Gasteiger partial charge is 0.229 e. The van der Waals surface area contributed by atoms with Gasteiger partial charge in [-0.3, -0.25) is 0 Å². The van der Waals surface area contributed by atoms with Gasteiger partial charge in [-0.2, -0.15) is 4.98 Å². The number of hydrogen-bond donors (Lipinski definition) is 1. The summed E-state index contributed by atoms with van der Waals surface area (Å²) in [6.45, 7) is 4.71. The van der Waals surface area contributed by atoms with E-state index >= 15 is 0 Å². The number of aromatic nitrogens is 2. The summed E-state index contributed by atoms with van der Waals surface area (Å²) >= 11 is 0. The van der Waals surface area contributed by atoms with Gasteiger partial charge in [0.2, 0.25) is 11.7 Å². The molecule has 1 aliphatic rings. The monoisotopic (exact) mass is 282 g/mol. The molecule has 5 nitrogen and oxygen atoms in total. The topological polar surface area (TPSA) is 68.4 Å². The maximum atomic E-state index is 10.2. The van der Waals surface area contributed by atoms with Gasteiger partial charge in [-0.1, -0.05) is 31.3 Å². The highest BCUT2D eigenvalue weighted by atomic mass is 16.5. The van der Waals surface area contributed by atoms with Crippen molar-refractivity contribution in [3.8, 4) is 0 Å². The van der Waals surface area contributed by atoms with Crippen molar-refractivity contribution in [3.63, 3.8) is 0 Å². The highest BCUT2D eigenvalue weighted by molar-refractivity contribution is 4.93. The third kappa shape index (κ3) is 4.03. The Morgan fingerprint density at radius 2 is 2.10 bits per heavy atom. The predicted octanol–water partition coefficient (Wildman–Crippen LogP) is 3.04. The first-order valence-electron chi connectivity index (χ1n) is 7.86. The molecule has 1 saturated carbocycles. The van der Waals surface area contributed by atoms with Gasteiger partial charge in [-0.15, -0.1) is 0 Å². The second kappa shape index (κ2) is 7.74. The second-order valence-corrected chi connectivity index (χ2v) is 5.59. The zero-order chi connectivity index (χ0) is 14.4. The average molecular weight is 282 g/mol. The maximum absolute atomic E-state index is 10.2. The first-order valence-corrected chi connectivity index (χ1v) is 7.86. The van der Waals surface area contributed by atoms with E-state index in [0.29, 0.717) is 30.7 Å². The molecule has 0 bridgehead atoms. The quantitative estimate of drug-likeness (QED) is 0.793. The van der Waals surface area contributed by atoms with Crippen LogP contribution in [-0.4, -0.2) is 28.0 Å². The van der Waals surface area contributed by atoms with Gasteiger partial charge in [0.15, 0.2) is 0 Å². The molecule has 20 heavy (non-hydrogen) atoms. The summed E-state index contributed by atoms with van der Waals surface area (Å²) in [4.78, 5) is 4.40. The average Bonchev–Trinajstić information content (AvgIpc) is 3.09. The minimum Gasteiger partial charge on any atom is -0.392 e. The molecule has 1 N–H and O–H groups in total. The highest BCUT2D eigenvalue weighted by Gasteiger charge is 2.26. The molecule has 2 atom stereocenters. The van der Waals surface area contributed by atoms with Crippen LogP contribution < -0.4 is 0 Å². The normalized spacial score (nSPS) is 19.4. The van der Waals surface area contributed by atoms with Crippen LogP contribution >= 0.6 is 0 Å². The van der Waals surface area contributed by atoms with Crippen LogP contribution in [0.2, 0.25) is 0 Å². The highest BCUT2D eigenvalue weighted by Crippen LogP contribution is 2.29. The minimum absolute atomic E-state index is 0.0916. The van der Waals surface area contributed by atoms with Crippen molar-refractivity contribution in [2.24, 2.45) is 5.92 Å². The van der Waals surface area contributed by atoms with Crippen LogP contribution in [0.3, 0.4) is 0 Å². The summed E-state index contributed by atoms with van der Waals surface area (Å²) in [7, 11) is 0. The van der Waals surface area contributed by atoms with Gasteiger partial charge in [0, 0.05) is 6.61 Å². The zero-order valence-electron chi connectivity index (χ0n) is 12.5. The van der Waals surface area contributed by atoms with Crippen molar-refractivity contribution in [1.82, 2.24) is 10.1 Å². The Morgan fingerprint density at radius 1 is 1.35 bits per heavy atom. The van der Waals surface area contributed by atoms with Crippen LogP contribution in [0, 0.1) is 5.92 Å². The molecule has 1 heterocycles. The Bertz CT molecular complexity index is 382. The van der Waals surface area contributed by atoms with E-state index in [1.54, 1.807) is 0 Å². The summed E-state index contributed by atoms with van der Waals surface area (Å²) in [6.07, 6.45) is 6.58. The minimum atomic E-state index is -0.359. The van der Waals surface area contributed by atoms with E-state index in [-0.39, 0.29) is 12.2 Å². The molecular weight excluding hydrogens is 256 g/mol. The summed E-state index contributed by atoms with van der Waals surface area (Å²) in [5, 5.41) is 14.2. The van der Waals surface area contributed by atoms with Crippen molar-refractivity contribution in [2.45, 2.75) is 71.0 Å². The van der Waals surface area contributed by atoms with E-state index in [0.717, 1.165) is 25.7 Å². The standard InChI is InChI=1S/C15H26N2O3/c1-3-7-13(19-4-2)15-16-14(20-17-15)10-12(18)11-8-5-6-9-11/h11-13,18H,3-10H2,1-2H3. The molecule has 0 aliphatic heterocycles. The van der Waals surface area contributed by atoms with E-state index in [1.807, 2.05) is 6.92 Å². The van der Waals surface area contributed by atoms with Crippen LogP contribution in [0.5, 0.6) is 0 Å². The lowest BCUT2D eigenvalue weighted by atomic mass is 9.98. The fourth-order valence-electron chi connectivity index (χ4n) is 2.92. The van der Waals surface area contributed by atoms with Crippen molar-refractivity contribution in [1.29, 1.82) is 0 Å². The molecule has 5 heteroatoms. The molecule has 1 fully saturated rings. The second-order valence-electron chi connectivity index (χ2n) is 5.59. The van der Waals surface area contributed by atoms with Gasteiger partial charge in [0.25, 0.3) is 0 Å². The van der Waals surface area contributed by atoms with E-state index < -0.39 is 0 Å². The number of hydrogen-bond acceptors (Lipinski definition) is 5. The van der Waals surface area contributed by atoms with Gasteiger partial charge in [0.05, 0.1) is 12.5 Å². The SMILES string of the molecule is CCCC(OCC)c1noc(CC(O)C2CCCC2)n1. The van der Waals surface area contributed by atoms with Gasteiger partial charge < -0.3 is 14.4 Å². The zero-order valence-corrected chi connectivity index (χ0v) is 12.5. The molecule has 0 radical (unpaired) electrons. The van der Waals surface area contributed by atoms with E-state index in [2.05, 4.69) is 17.1 Å². The van der Waals surface area contributed by atoms with Crippen LogP contribution in [0.15, 0.2) is 4.52 Å². The lowest BCUT2D eigenvalue weighted by Gasteiger charge is -2.15. The number of aliphatic hydroxyl groups excluding tert-OH is 1. The van der Waals surface area contributed by atoms with Crippen molar-refractivity contribution in [2.75, 3.05) is 6.61 Å². The molecular formula is C15H26N2O3. The van der Waals surface area contributed by atoms with E-state index in [4.69, 9.17) is 9.26 Å². The first-order chi connectivity index (χ1) is 9.74. The Hall–Kier alpha value is -0.940. The van der Waals surface area contributed by atoms with Crippen LogP contribution in [-0.2, 0) is 11.2 Å². The molecule has 0 aromatic carbocycles. The lowest BCUT2D eigenvalue weighted by molar-refractivity contribution is 0.0477. The summed E-state index contributed by atoms with van der Waals surface area (Å²) < 4.78 is 10.9. The molecule has 0 saturated heterocycles. The molecule has 2 rings (SSSR count). The summed E-state index contributed by atoms with van der Waals surface area (Å²) in [5.74, 6) is 1.53. The van der Waals surface area contributed by atoms with Gasteiger partial charge in [-0.05, 0) is 32.1 Å². The Morgan fingerprint density at radius 3 is 2.75 bits per heavy atom. The molecule has 114 valence electrons. The molecule has 1 aliphatic carbocycles. The van der Waals surface area contributed by atoms with Crippen LogP contribution in [0.25, 0.3) is 0 Å².